The normalized spacial score (nSPS) is 22.0. The fourth-order valence-electron chi connectivity index (χ4n) is 3.98. The van der Waals surface area contributed by atoms with Crippen LogP contribution in [0.4, 0.5) is 11.5 Å². The molecule has 132 valence electrons. The molecule has 0 amide bonds. The lowest BCUT2D eigenvalue weighted by atomic mass is 9.88. The maximum Gasteiger partial charge on any atom is 0.256 e. The number of carbonyl (C=O) groups excluding carboxylic acids is 1. The van der Waals surface area contributed by atoms with Gasteiger partial charge in [0.25, 0.3) is 5.91 Å². The van der Waals surface area contributed by atoms with Crippen molar-refractivity contribution in [2.24, 2.45) is 5.73 Å². The first-order valence-corrected chi connectivity index (χ1v) is 9.11. The van der Waals surface area contributed by atoms with Crippen LogP contribution >= 0.6 is 0 Å². The second kappa shape index (κ2) is 6.19. The Balaban J connectivity index is 1.71. The van der Waals surface area contributed by atoms with E-state index in [2.05, 4.69) is 35.5 Å². The Morgan fingerprint density at radius 1 is 1.40 bits per heavy atom. The summed E-state index contributed by atoms with van der Waals surface area (Å²) in [5, 5.41) is 7.93. The predicted octanol–water partition coefficient (Wildman–Crippen LogP) is 2.08. The topological polar surface area (TPSA) is 99.0 Å². The van der Waals surface area contributed by atoms with Gasteiger partial charge in [0.15, 0.2) is 0 Å². The van der Waals surface area contributed by atoms with Crippen molar-refractivity contribution in [3.05, 3.63) is 40.6 Å². The number of benzene rings is 1. The number of carbonyl (C=O) groups is 1. The molecule has 0 saturated heterocycles. The molecule has 0 saturated carbocycles. The summed E-state index contributed by atoms with van der Waals surface area (Å²) in [5.74, 6) is 0.235. The third-order valence-electron chi connectivity index (χ3n) is 5.48. The Morgan fingerprint density at radius 2 is 2.24 bits per heavy atom. The molecule has 0 spiro atoms. The Hall–Kier alpha value is -2.34. The number of fused-ring (bicyclic) bond motifs is 2. The molecule has 2 aromatic rings. The van der Waals surface area contributed by atoms with Crippen LogP contribution in [0.1, 0.15) is 52.9 Å². The van der Waals surface area contributed by atoms with Crippen molar-refractivity contribution < 1.29 is 4.79 Å². The Morgan fingerprint density at radius 3 is 3.04 bits per heavy atom. The standard InChI is InChI=1S/C19H25N5O/c1-2-11-3-5-16-14(9-11)13(7-8-22-16)19(25)24-18(21)15-10-12(20)4-6-17(15)23-24/h3,5,9,12-13,22H,2,4,6-8,10,20-21H2,1H3/t12?,13-/m0/s1. The van der Waals surface area contributed by atoms with Crippen LogP contribution in [0.25, 0.3) is 0 Å². The highest BCUT2D eigenvalue weighted by atomic mass is 16.2. The molecule has 6 nitrogen and oxygen atoms in total. The third-order valence-corrected chi connectivity index (χ3v) is 5.48. The molecule has 0 bridgehead atoms. The molecule has 1 aliphatic carbocycles. The van der Waals surface area contributed by atoms with Crippen molar-refractivity contribution in [1.82, 2.24) is 9.78 Å². The highest BCUT2D eigenvalue weighted by Crippen LogP contribution is 2.35. The number of hydrogen-bond donors (Lipinski definition) is 3. The van der Waals surface area contributed by atoms with Crippen LogP contribution in [0, 0.1) is 0 Å². The number of rotatable bonds is 2. The van der Waals surface area contributed by atoms with Crippen LogP contribution < -0.4 is 16.8 Å². The minimum Gasteiger partial charge on any atom is -0.385 e. The molecule has 6 heteroatoms. The van der Waals surface area contributed by atoms with E-state index in [0.29, 0.717) is 12.2 Å². The van der Waals surface area contributed by atoms with Gasteiger partial charge in [-0.05, 0) is 49.3 Å². The average molecular weight is 339 g/mol. The Kier molecular flexibility index (Phi) is 4.00. The molecule has 4 rings (SSSR count). The molecule has 1 unspecified atom stereocenters. The lowest BCUT2D eigenvalue weighted by Crippen LogP contribution is -2.28. The monoisotopic (exact) mass is 339 g/mol. The lowest BCUT2D eigenvalue weighted by Gasteiger charge is -2.26. The van der Waals surface area contributed by atoms with Crippen LogP contribution in [0.2, 0.25) is 0 Å². The van der Waals surface area contributed by atoms with Crippen molar-refractivity contribution in [2.45, 2.75) is 51.0 Å². The van der Waals surface area contributed by atoms with Gasteiger partial charge in [-0.15, -0.1) is 0 Å². The zero-order valence-corrected chi connectivity index (χ0v) is 14.6. The van der Waals surface area contributed by atoms with Gasteiger partial charge in [-0.25, -0.2) is 0 Å². The highest BCUT2D eigenvalue weighted by Gasteiger charge is 2.32. The fraction of sp³-hybridized carbons (Fsp3) is 0.474. The average Bonchev–Trinajstić information content (AvgIpc) is 2.96. The minimum atomic E-state index is -0.208. The second-order valence-electron chi connectivity index (χ2n) is 7.11. The summed E-state index contributed by atoms with van der Waals surface area (Å²) in [7, 11) is 0. The van der Waals surface area contributed by atoms with Crippen LogP contribution in [0.5, 0.6) is 0 Å². The van der Waals surface area contributed by atoms with Gasteiger partial charge < -0.3 is 16.8 Å². The van der Waals surface area contributed by atoms with E-state index in [1.165, 1.54) is 10.2 Å². The van der Waals surface area contributed by atoms with Crippen molar-refractivity contribution >= 4 is 17.4 Å². The van der Waals surface area contributed by atoms with Crippen molar-refractivity contribution in [3.63, 3.8) is 0 Å². The molecular weight excluding hydrogens is 314 g/mol. The van der Waals surface area contributed by atoms with Gasteiger partial charge in [-0.2, -0.15) is 9.78 Å². The number of nitrogens with two attached hydrogens (primary N) is 2. The summed E-state index contributed by atoms with van der Waals surface area (Å²) in [5.41, 5.74) is 17.6. The van der Waals surface area contributed by atoms with Gasteiger partial charge in [-0.1, -0.05) is 19.1 Å². The number of hydrogen-bond acceptors (Lipinski definition) is 5. The summed E-state index contributed by atoms with van der Waals surface area (Å²) in [4.78, 5) is 13.2. The van der Waals surface area contributed by atoms with Crippen LogP contribution in [-0.2, 0) is 19.3 Å². The van der Waals surface area contributed by atoms with Gasteiger partial charge in [0.1, 0.15) is 5.82 Å². The van der Waals surface area contributed by atoms with Crippen LogP contribution in [0.3, 0.4) is 0 Å². The molecule has 1 aliphatic heterocycles. The molecule has 0 fully saturated rings. The molecule has 5 N–H and O–H groups in total. The van der Waals surface area contributed by atoms with E-state index in [-0.39, 0.29) is 17.9 Å². The number of anilines is 2. The molecule has 2 atom stereocenters. The van der Waals surface area contributed by atoms with Crippen molar-refractivity contribution in [3.8, 4) is 0 Å². The third kappa shape index (κ3) is 2.70. The summed E-state index contributed by atoms with van der Waals surface area (Å²) < 4.78 is 1.43. The number of nitrogens with zero attached hydrogens (tertiary/aromatic N) is 2. The Bertz CT molecular complexity index is 825. The summed E-state index contributed by atoms with van der Waals surface area (Å²) in [6.07, 6.45) is 4.10. The largest absolute Gasteiger partial charge is 0.385 e. The van der Waals surface area contributed by atoms with E-state index in [0.717, 1.165) is 54.7 Å². The number of aromatic nitrogens is 2. The van der Waals surface area contributed by atoms with Crippen LogP contribution in [-0.4, -0.2) is 28.3 Å². The van der Waals surface area contributed by atoms with E-state index in [1.807, 2.05) is 0 Å². The lowest BCUT2D eigenvalue weighted by molar-refractivity contribution is 0.0859. The molecule has 1 aromatic heterocycles. The van der Waals surface area contributed by atoms with E-state index in [9.17, 15) is 4.79 Å². The van der Waals surface area contributed by atoms with Gasteiger partial charge in [-0.3, -0.25) is 4.79 Å². The maximum atomic E-state index is 13.2. The van der Waals surface area contributed by atoms with E-state index in [1.54, 1.807) is 0 Å². The SMILES string of the molecule is CCc1ccc2c(c1)[C@@H](C(=O)n1nc3c(c1N)CC(N)CC3)CCN2. The highest BCUT2D eigenvalue weighted by molar-refractivity contribution is 5.90. The molecule has 2 aliphatic rings. The van der Waals surface area contributed by atoms with Crippen molar-refractivity contribution in [1.29, 1.82) is 0 Å². The number of nitrogen functional groups attached to an aromatic ring is 1. The first-order valence-electron chi connectivity index (χ1n) is 9.11. The smallest absolute Gasteiger partial charge is 0.256 e. The van der Waals surface area contributed by atoms with Crippen molar-refractivity contribution in [2.75, 3.05) is 17.6 Å². The predicted molar refractivity (Wildman–Crippen MR) is 98.9 cm³/mol. The molecule has 0 radical (unpaired) electrons. The zero-order valence-electron chi connectivity index (χ0n) is 14.6. The van der Waals surface area contributed by atoms with E-state index in [4.69, 9.17) is 11.5 Å². The first-order chi connectivity index (χ1) is 12.1. The van der Waals surface area contributed by atoms with Gasteiger partial charge in [0.2, 0.25) is 0 Å². The Labute approximate surface area is 147 Å². The summed E-state index contributed by atoms with van der Waals surface area (Å²) in [6.45, 7) is 2.90. The molecule has 2 heterocycles. The van der Waals surface area contributed by atoms with Gasteiger partial charge in [0.05, 0.1) is 11.6 Å². The minimum absolute atomic E-state index is 0.0310. The quantitative estimate of drug-likeness (QED) is 0.778. The maximum absolute atomic E-state index is 13.2. The van der Waals surface area contributed by atoms with Crippen LogP contribution in [0.15, 0.2) is 18.2 Å². The zero-order chi connectivity index (χ0) is 17.6. The van der Waals surface area contributed by atoms with E-state index < -0.39 is 0 Å². The van der Waals surface area contributed by atoms with Gasteiger partial charge >= 0.3 is 0 Å². The fourth-order valence-corrected chi connectivity index (χ4v) is 3.98. The molecule has 1 aromatic carbocycles. The number of aryl methyl sites for hydroxylation is 2. The first kappa shape index (κ1) is 16.1. The summed E-state index contributed by atoms with van der Waals surface area (Å²) >= 11 is 0. The molecular formula is C19H25N5O. The van der Waals surface area contributed by atoms with Gasteiger partial charge in [0, 0.05) is 23.8 Å². The second-order valence-corrected chi connectivity index (χ2v) is 7.11. The van der Waals surface area contributed by atoms with E-state index >= 15 is 0 Å². The summed E-state index contributed by atoms with van der Waals surface area (Å²) in [6, 6.07) is 6.43. The molecule has 25 heavy (non-hydrogen) atoms. The number of nitrogens with one attached hydrogen (secondary N) is 1.